The smallest absolute Gasteiger partial charge is 0.287 e. The second-order valence-corrected chi connectivity index (χ2v) is 4.99. The summed E-state index contributed by atoms with van der Waals surface area (Å²) in [5.74, 6) is -0.0225. The largest absolute Gasteiger partial charge is 0.449 e. The number of nitrogens with two attached hydrogens (primary N) is 1. The minimum Gasteiger partial charge on any atom is -0.449 e. The summed E-state index contributed by atoms with van der Waals surface area (Å²) < 4.78 is 5.46. The zero-order chi connectivity index (χ0) is 13.3. The van der Waals surface area contributed by atoms with Crippen molar-refractivity contribution in [2.24, 2.45) is 5.73 Å². The van der Waals surface area contributed by atoms with Crippen molar-refractivity contribution in [1.82, 2.24) is 10.3 Å². The predicted molar refractivity (Wildman–Crippen MR) is 83.8 cm³/mol. The number of amides is 1. The molecule has 0 bridgehead atoms. The summed E-state index contributed by atoms with van der Waals surface area (Å²) in [5.41, 5.74) is 7.29. The number of aryl methyl sites for hydroxylation is 1. The first kappa shape index (κ1) is 18.7. The third-order valence-corrected chi connectivity index (χ3v) is 2.70. The molecule has 0 fully saturated rings. The highest BCUT2D eigenvalue weighted by Gasteiger charge is 2.21. The lowest BCUT2D eigenvalue weighted by atomic mass is 10.1. The number of furan rings is 1. The predicted octanol–water partition coefficient (Wildman–Crippen LogP) is 2.45. The molecule has 1 amide bonds. The first-order valence-corrected chi connectivity index (χ1v) is 5.81. The van der Waals surface area contributed by atoms with Crippen LogP contribution in [0.1, 0.15) is 30.1 Å². The van der Waals surface area contributed by atoms with Crippen molar-refractivity contribution in [3.8, 4) is 0 Å². The van der Waals surface area contributed by atoms with E-state index >= 15 is 0 Å². The molecule has 20 heavy (non-hydrogen) atoms. The van der Waals surface area contributed by atoms with Crippen LogP contribution in [0.4, 0.5) is 0 Å². The molecule has 112 valence electrons. The van der Waals surface area contributed by atoms with Crippen molar-refractivity contribution in [3.05, 3.63) is 29.7 Å². The summed E-state index contributed by atoms with van der Waals surface area (Å²) in [6, 6.07) is 5.30. The van der Waals surface area contributed by atoms with Crippen molar-refractivity contribution in [1.29, 1.82) is 0 Å². The average molecular weight is 320 g/mol. The molecule has 5 nitrogen and oxygen atoms in total. The van der Waals surface area contributed by atoms with Crippen LogP contribution in [0.25, 0.3) is 11.1 Å². The van der Waals surface area contributed by atoms with E-state index in [1.54, 1.807) is 6.07 Å². The molecular formula is C13H19Cl2N3O2. The van der Waals surface area contributed by atoms with Crippen LogP contribution < -0.4 is 11.1 Å². The third-order valence-electron chi connectivity index (χ3n) is 2.70. The Kier molecular flexibility index (Phi) is 6.47. The number of carbonyl (C=O) groups is 1. The minimum absolute atomic E-state index is 0. The maximum Gasteiger partial charge on any atom is 0.287 e. The first-order valence-electron chi connectivity index (χ1n) is 5.81. The number of nitrogens with zero attached hydrogens (tertiary/aromatic N) is 1. The van der Waals surface area contributed by atoms with Crippen LogP contribution in [-0.2, 0) is 0 Å². The van der Waals surface area contributed by atoms with Gasteiger partial charge in [-0.25, -0.2) is 4.98 Å². The van der Waals surface area contributed by atoms with E-state index in [1.807, 2.05) is 32.9 Å². The summed E-state index contributed by atoms with van der Waals surface area (Å²) in [7, 11) is 0. The van der Waals surface area contributed by atoms with Crippen molar-refractivity contribution < 1.29 is 9.21 Å². The summed E-state index contributed by atoms with van der Waals surface area (Å²) in [6.07, 6.45) is 0. The lowest BCUT2D eigenvalue weighted by Gasteiger charge is -2.23. The zero-order valence-corrected chi connectivity index (χ0v) is 13.2. The molecule has 2 aromatic heterocycles. The van der Waals surface area contributed by atoms with E-state index in [-0.39, 0.29) is 36.5 Å². The van der Waals surface area contributed by atoms with E-state index in [4.69, 9.17) is 10.2 Å². The Labute approximate surface area is 130 Å². The molecule has 0 aromatic carbocycles. The summed E-state index contributed by atoms with van der Waals surface area (Å²) in [6.45, 7) is 5.96. The highest BCUT2D eigenvalue weighted by Crippen LogP contribution is 2.18. The Bertz CT molecular complexity index is 596. The van der Waals surface area contributed by atoms with Gasteiger partial charge in [0.15, 0.2) is 11.3 Å². The third kappa shape index (κ3) is 4.10. The topological polar surface area (TPSA) is 81.2 Å². The highest BCUT2D eigenvalue weighted by molar-refractivity contribution is 5.95. The fraction of sp³-hybridized carbons (Fsp3) is 0.385. The van der Waals surface area contributed by atoms with Crippen LogP contribution in [0, 0.1) is 6.92 Å². The molecular weight excluding hydrogens is 301 g/mol. The van der Waals surface area contributed by atoms with E-state index in [9.17, 15) is 4.79 Å². The molecule has 0 aliphatic carbocycles. The van der Waals surface area contributed by atoms with Crippen LogP contribution >= 0.6 is 24.8 Å². The van der Waals surface area contributed by atoms with Crippen LogP contribution in [0.3, 0.4) is 0 Å². The van der Waals surface area contributed by atoms with Crippen molar-refractivity contribution in [2.45, 2.75) is 26.3 Å². The Morgan fingerprint density at radius 1 is 1.40 bits per heavy atom. The van der Waals surface area contributed by atoms with E-state index in [2.05, 4.69) is 10.3 Å². The second kappa shape index (κ2) is 6.92. The number of aromatic nitrogens is 1. The van der Waals surface area contributed by atoms with Gasteiger partial charge in [0.1, 0.15) is 5.52 Å². The van der Waals surface area contributed by atoms with Crippen molar-refractivity contribution in [2.75, 3.05) is 6.54 Å². The van der Waals surface area contributed by atoms with Crippen LogP contribution in [0.15, 0.2) is 22.6 Å². The molecule has 0 spiro atoms. The van der Waals surface area contributed by atoms with Gasteiger partial charge in [-0.1, -0.05) is 0 Å². The van der Waals surface area contributed by atoms with Gasteiger partial charge in [0.2, 0.25) is 0 Å². The Morgan fingerprint density at radius 3 is 2.65 bits per heavy atom. The Hall–Kier alpha value is -1.30. The fourth-order valence-corrected chi connectivity index (χ4v) is 1.56. The number of carbonyl (C=O) groups excluding carboxylic acids is 1. The maximum absolute atomic E-state index is 12.0. The first-order chi connectivity index (χ1) is 8.41. The lowest BCUT2D eigenvalue weighted by molar-refractivity contribution is 0.0889. The standard InChI is InChI=1S/C13H17N3O2.2ClH/c1-8-4-5-10-9(15-8)6-11(18-10)12(17)16-13(2,3)7-14;;/h4-6H,7,14H2,1-3H3,(H,16,17);2*1H. The van der Waals surface area contributed by atoms with Crippen LogP contribution in [0.5, 0.6) is 0 Å². The van der Waals surface area contributed by atoms with E-state index in [0.29, 0.717) is 17.6 Å². The number of hydrogen-bond donors (Lipinski definition) is 2. The molecule has 0 saturated carbocycles. The average Bonchev–Trinajstić information content (AvgIpc) is 2.71. The molecule has 0 aliphatic rings. The molecule has 0 aliphatic heterocycles. The molecule has 3 N–H and O–H groups in total. The summed E-state index contributed by atoms with van der Waals surface area (Å²) in [5, 5.41) is 2.81. The normalized spacial score (nSPS) is 10.6. The van der Waals surface area contributed by atoms with Gasteiger partial charge in [-0.3, -0.25) is 4.79 Å². The SMILES string of the molecule is Cc1ccc2oc(C(=O)NC(C)(C)CN)cc2n1.Cl.Cl. The Balaban J connectivity index is 0.00000180. The van der Waals surface area contributed by atoms with E-state index in [0.717, 1.165) is 5.69 Å². The number of fused-ring (bicyclic) bond motifs is 1. The monoisotopic (exact) mass is 319 g/mol. The van der Waals surface area contributed by atoms with Gasteiger partial charge in [0, 0.05) is 23.8 Å². The number of pyridine rings is 1. The quantitative estimate of drug-likeness (QED) is 0.910. The van der Waals surface area contributed by atoms with Gasteiger partial charge in [-0.05, 0) is 32.9 Å². The molecule has 0 radical (unpaired) electrons. The van der Waals surface area contributed by atoms with E-state index < -0.39 is 5.54 Å². The van der Waals surface area contributed by atoms with Crippen LogP contribution in [0.2, 0.25) is 0 Å². The Morgan fingerprint density at radius 2 is 2.05 bits per heavy atom. The summed E-state index contributed by atoms with van der Waals surface area (Å²) >= 11 is 0. The van der Waals surface area contributed by atoms with Gasteiger partial charge in [0.25, 0.3) is 5.91 Å². The molecule has 7 heteroatoms. The second-order valence-electron chi connectivity index (χ2n) is 4.99. The number of hydrogen-bond acceptors (Lipinski definition) is 4. The van der Waals surface area contributed by atoms with E-state index in [1.165, 1.54) is 0 Å². The van der Waals surface area contributed by atoms with Gasteiger partial charge >= 0.3 is 0 Å². The summed E-state index contributed by atoms with van der Waals surface area (Å²) in [4.78, 5) is 16.3. The minimum atomic E-state index is -0.459. The van der Waals surface area contributed by atoms with Crippen molar-refractivity contribution >= 4 is 41.8 Å². The molecule has 2 aromatic rings. The number of nitrogens with one attached hydrogen (secondary N) is 1. The highest BCUT2D eigenvalue weighted by atomic mass is 35.5. The molecule has 0 saturated heterocycles. The zero-order valence-electron chi connectivity index (χ0n) is 11.6. The van der Waals surface area contributed by atoms with Gasteiger partial charge in [0.05, 0.1) is 0 Å². The van der Waals surface area contributed by atoms with Crippen LogP contribution in [-0.4, -0.2) is 23.0 Å². The van der Waals surface area contributed by atoms with Gasteiger partial charge in [-0.15, -0.1) is 24.8 Å². The number of halogens is 2. The maximum atomic E-state index is 12.0. The molecule has 2 heterocycles. The molecule has 0 unspecified atom stereocenters. The lowest BCUT2D eigenvalue weighted by Crippen LogP contribution is -2.48. The van der Waals surface area contributed by atoms with Crippen molar-refractivity contribution in [3.63, 3.8) is 0 Å². The molecule has 2 rings (SSSR count). The van der Waals surface area contributed by atoms with Gasteiger partial charge < -0.3 is 15.5 Å². The molecule has 0 atom stereocenters. The fourth-order valence-electron chi connectivity index (χ4n) is 1.56. The van der Waals surface area contributed by atoms with Gasteiger partial charge in [-0.2, -0.15) is 0 Å². The number of rotatable bonds is 3.